The first kappa shape index (κ1) is 14.2. The number of rotatable bonds is 6. The zero-order valence-corrected chi connectivity index (χ0v) is 10.6. The van der Waals surface area contributed by atoms with Gasteiger partial charge in [0.1, 0.15) is 0 Å². The van der Waals surface area contributed by atoms with Gasteiger partial charge in [0.25, 0.3) is 0 Å². The first-order valence-electron chi connectivity index (χ1n) is 5.75. The van der Waals surface area contributed by atoms with Gasteiger partial charge in [-0.1, -0.05) is 18.2 Å². The van der Waals surface area contributed by atoms with Gasteiger partial charge in [0.05, 0.1) is 12.1 Å². The molecule has 0 atom stereocenters. The Bertz CT molecular complexity index is 432. The van der Waals surface area contributed by atoms with Crippen molar-refractivity contribution in [2.45, 2.75) is 6.42 Å². The van der Waals surface area contributed by atoms with Crippen LogP contribution in [0.1, 0.15) is 15.9 Å². The Kier molecular flexibility index (Phi) is 5.32. The molecule has 5 heteroatoms. The second-order valence-electron chi connectivity index (χ2n) is 4.12. The van der Waals surface area contributed by atoms with Gasteiger partial charge in [0.2, 0.25) is 5.91 Å². The first-order valence-corrected chi connectivity index (χ1v) is 5.75. The monoisotopic (exact) mass is 250 g/mol. The molecule has 98 valence electrons. The van der Waals surface area contributed by atoms with Crippen LogP contribution in [0.4, 0.5) is 0 Å². The van der Waals surface area contributed by atoms with Crippen LogP contribution >= 0.6 is 0 Å². The summed E-state index contributed by atoms with van der Waals surface area (Å²) in [6, 6.07) is 6.93. The van der Waals surface area contributed by atoms with Crippen LogP contribution in [-0.4, -0.2) is 49.1 Å². The lowest BCUT2D eigenvalue weighted by Gasteiger charge is -2.16. The van der Waals surface area contributed by atoms with Gasteiger partial charge in [0, 0.05) is 13.6 Å². The van der Waals surface area contributed by atoms with Gasteiger partial charge in [-0.3, -0.25) is 9.69 Å². The molecule has 0 radical (unpaired) electrons. The fourth-order valence-corrected chi connectivity index (χ4v) is 1.66. The van der Waals surface area contributed by atoms with Gasteiger partial charge >= 0.3 is 5.97 Å². The van der Waals surface area contributed by atoms with Crippen LogP contribution in [0.15, 0.2) is 24.3 Å². The highest BCUT2D eigenvalue weighted by Gasteiger charge is 2.10. The lowest BCUT2D eigenvalue weighted by Crippen LogP contribution is -2.34. The normalized spacial score (nSPS) is 10.4. The number of hydrogen-bond acceptors (Lipinski definition) is 3. The van der Waals surface area contributed by atoms with Gasteiger partial charge in [-0.05, 0) is 25.1 Å². The number of hydrogen-bond donors (Lipinski definition) is 2. The Hall–Kier alpha value is -1.88. The van der Waals surface area contributed by atoms with E-state index in [1.54, 1.807) is 25.2 Å². The van der Waals surface area contributed by atoms with Crippen LogP contribution in [0.2, 0.25) is 0 Å². The summed E-state index contributed by atoms with van der Waals surface area (Å²) in [5.41, 5.74) is 1.11. The minimum Gasteiger partial charge on any atom is -0.478 e. The molecule has 1 aromatic carbocycles. The SMILES string of the molecule is CNC(=O)CN(C)CCc1ccccc1C(=O)O. The smallest absolute Gasteiger partial charge is 0.335 e. The average Bonchev–Trinajstić information content (AvgIpc) is 2.36. The Morgan fingerprint density at radius 1 is 1.33 bits per heavy atom. The average molecular weight is 250 g/mol. The molecule has 0 aliphatic rings. The van der Waals surface area contributed by atoms with Crippen LogP contribution in [0, 0.1) is 0 Å². The number of aromatic carboxylic acids is 1. The van der Waals surface area contributed by atoms with Gasteiger partial charge in [-0.2, -0.15) is 0 Å². The van der Waals surface area contributed by atoms with E-state index in [-0.39, 0.29) is 5.91 Å². The van der Waals surface area contributed by atoms with Gasteiger partial charge < -0.3 is 10.4 Å². The summed E-state index contributed by atoms with van der Waals surface area (Å²) >= 11 is 0. The summed E-state index contributed by atoms with van der Waals surface area (Å²) in [7, 11) is 3.43. The molecule has 0 spiro atoms. The number of carboxylic acids is 1. The van der Waals surface area contributed by atoms with Crippen molar-refractivity contribution in [3.63, 3.8) is 0 Å². The van der Waals surface area contributed by atoms with E-state index >= 15 is 0 Å². The minimum absolute atomic E-state index is 0.0518. The topological polar surface area (TPSA) is 69.6 Å². The number of nitrogens with one attached hydrogen (secondary N) is 1. The molecule has 0 unspecified atom stereocenters. The Balaban J connectivity index is 2.58. The number of amides is 1. The van der Waals surface area contributed by atoms with E-state index in [0.717, 1.165) is 5.56 Å². The van der Waals surface area contributed by atoms with Crippen LogP contribution < -0.4 is 5.32 Å². The fraction of sp³-hybridized carbons (Fsp3) is 0.385. The van der Waals surface area contributed by atoms with Crippen molar-refractivity contribution in [2.24, 2.45) is 0 Å². The first-order chi connectivity index (χ1) is 8.54. The summed E-state index contributed by atoms with van der Waals surface area (Å²) in [5.74, 6) is -0.969. The number of carbonyl (C=O) groups is 2. The molecule has 1 aromatic rings. The van der Waals surface area contributed by atoms with Gasteiger partial charge in [-0.25, -0.2) is 4.79 Å². The quantitative estimate of drug-likeness (QED) is 0.776. The maximum Gasteiger partial charge on any atom is 0.335 e. The van der Waals surface area contributed by atoms with E-state index in [2.05, 4.69) is 5.32 Å². The Labute approximate surface area is 106 Å². The second-order valence-corrected chi connectivity index (χ2v) is 4.12. The lowest BCUT2D eigenvalue weighted by atomic mass is 10.0. The highest BCUT2D eigenvalue weighted by molar-refractivity contribution is 5.89. The summed E-state index contributed by atoms with van der Waals surface area (Å²) in [6.45, 7) is 0.948. The molecule has 0 aliphatic heterocycles. The number of likely N-dealkylation sites (N-methyl/N-ethyl adjacent to an activating group) is 2. The summed E-state index contributed by atoms with van der Waals surface area (Å²) < 4.78 is 0. The van der Waals surface area contributed by atoms with Gasteiger partial charge in [0.15, 0.2) is 0 Å². The van der Waals surface area contributed by atoms with E-state index < -0.39 is 5.97 Å². The van der Waals surface area contributed by atoms with Crippen molar-refractivity contribution < 1.29 is 14.7 Å². The van der Waals surface area contributed by atoms with E-state index in [9.17, 15) is 9.59 Å². The second kappa shape index (κ2) is 6.76. The third-order valence-corrected chi connectivity index (χ3v) is 2.70. The maximum absolute atomic E-state index is 11.2. The van der Waals surface area contributed by atoms with Crippen LogP contribution in [-0.2, 0) is 11.2 Å². The lowest BCUT2D eigenvalue weighted by molar-refractivity contribution is -0.121. The number of carbonyl (C=O) groups excluding carboxylic acids is 1. The molecule has 0 bridgehead atoms. The van der Waals surface area contributed by atoms with E-state index in [1.807, 2.05) is 18.0 Å². The highest BCUT2D eigenvalue weighted by atomic mass is 16.4. The molecule has 0 aromatic heterocycles. The molecular weight excluding hydrogens is 232 g/mol. The van der Waals surface area contributed by atoms with Crippen LogP contribution in [0.25, 0.3) is 0 Å². The summed E-state index contributed by atoms with van der Waals surface area (Å²) in [6.07, 6.45) is 0.607. The molecule has 0 saturated carbocycles. The third-order valence-electron chi connectivity index (χ3n) is 2.70. The molecule has 18 heavy (non-hydrogen) atoms. The summed E-state index contributed by atoms with van der Waals surface area (Å²) in [4.78, 5) is 24.0. The number of carboxylic acid groups (broad SMARTS) is 1. The highest BCUT2D eigenvalue weighted by Crippen LogP contribution is 2.09. The van der Waals surface area contributed by atoms with E-state index in [0.29, 0.717) is 25.1 Å². The molecule has 0 heterocycles. The molecule has 0 aliphatic carbocycles. The predicted octanol–water partition coefficient (Wildman–Crippen LogP) is 0.605. The standard InChI is InChI=1S/C13H18N2O3/c1-14-12(16)9-15(2)8-7-10-5-3-4-6-11(10)13(17)18/h3-6H,7-9H2,1-2H3,(H,14,16)(H,17,18). The molecular formula is C13H18N2O3. The van der Waals surface area contributed by atoms with Gasteiger partial charge in [-0.15, -0.1) is 0 Å². The fourth-order valence-electron chi connectivity index (χ4n) is 1.66. The summed E-state index contributed by atoms with van der Waals surface area (Å²) in [5, 5.41) is 11.6. The number of nitrogens with zero attached hydrogens (tertiary/aromatic N) is 1. The molecule has 1 rings (SSSR count). The molecule has 2 N–H and O–H groups in total. The van der Waals surface area contributed by atoms with Crippen molar-refractivity contribution in [1.82, 2.24) is 10.2 Å². The van der Waals surface area contributed by atoms with Crippen LogP contribution in [0.3, 0.4) is 0 Å². The maximum atomic E-state index is 11.2. The third kappa shape index (κ3) is 4.18. The number of benzene rings is 1. The van der Waals surface area contributed by atoms with E-state index in [1.165, 1.54) is 0 Å². The molecule has 0 saturated heterocycles. The zero-order chi connectivity index (χ0) is 13.5. The molecule has 5 nitrogen and oxygen atoms in total. The zero-order valence-electron chi connectivity index (χ0n) is 10.6. The van der Waals surface area contributed by atoms with Crippen molar-refractivity contribution in [3.8, 4) is 0 Å². The predicted molar refractivity (Wildman–Crippen MR) is 68.7 cm³/mol. The van der Waals surface area contributed by atoms with Crippen LogP contribution in [0.5, 0.6) is 0 Å². The minimum atomic E-state index is -0.917. The molecule has 0 fully saturated rings. The Morgan fingerprint density at radius 2 is 2.00 bits per heavy atom. The van der Waals surface area contributed by atoms with E-state index in [4.69, 9.17) is 5.11 Å². The largest absolute Gasteiger partial charge is 0.478 e. The Morgan fingerprint density at radius 3 is 2.61 bits per heavy atom. The van der Waals surface area contributed by atoms with Crippen molar-refractivity contribution >= 4 is 11.9 Å². The van der Waals surface area contributed by atoms with Crippen molar-refractivity contribution in [2.75, 3.05) is 27.2 Å². The molecule has 1 amide bonds. The van der Waals surface area contributed by atoms with Crippen molar-refractivity contribution in [3.05, 3.63) is 35.4 Å². The van der Waals surface area contributed by atoms with Crippen molar-refractivity contribution in [1.29, 1.82) is 0 Å².